The number of benzene rings is 1. The molecule has 0 saturated carbocycles. The number of rotatable bonds is 3. The molecule has 1 unspecified atom stereocenters. The Balaban J connectivity index is 1.96. The Morgan fingerprint density at radius 2 is 2.13 bits per heavy atom. The molecule has 0 bridgehead atoms. The van der Waals surface area contributed by atoms with Gasteiger partial charge in [0.1, 0.15) is 0 Å². The molecule has 0 amide bonds. The lowest BCUT2D eigenvalue weighted by Crippen LogP contribution is -2.13. The van der Waals surface area contributed by atoms with Crippen LogP contribution in [0.5, 0.6) is 0 Å². The zero-order chi connectivity index (χ0) is 10.7. The Morgan fingerprint density at radius 3 is 2.73 bits per heavy atom. The number of hydrogen-bond acceptors (Lipinski definition) is 3. The van der Waals surface area contributed by atoms with Crippen molar-refractivity contribution in [3.63, 3.8) is 0 Å². The highest BCUT2D eigenvalue weighted by Crippen LogP contribution is 2.35. The van der Waals surface area contributed by atoms with Gasteiger partial charge < -0.3 is 4.74 Å². The van der Waals surface area contributed by atoms with Crippen LogP contribution in [0.2, 0.25) is 0 Å². The molecular weight excluding hydrogens is 224 g/mol. The minimum atomic E-state index is 0.338. The van der Waals surface area contributed by atoms with E-state index >= 15 is 0 Å². The van der Waals surface area contributed by atoms with Crippen LogP contribution in [-0.2, 0) is 4.74 Å². The van der Waals surface area contributed by atoms with Crippen LogP contribution in [0.15, 0.2) is 35.2 Å². The summed E-state index contributed by atoms with van der Waals surface area (Å²) in [6.07, 6.45) is 1.79. The van der Waals surface area contributed by atoms with E-state index in [0.717, 1.165) is 12.2 Å². The predicted octanol–water partition coefficient (Wildman–Crippen LogP) is 3.25. The van der Waals surface area contributed by atoms with E-state index in [1.54, 1.807) is 0 Å². The van der Waals surface area contributed by atoms with Crippen molar-refractivity contribution in [2.45, 2.75) is 35.7 Å². The van der Waals surface area contributed by atoms with Crippen LogP contribution in [-0.4, -0.2) is 23.2 Å². The molecule has 3 atom stereocenters. The van der Waals surface area contributed by atoms with E-state index in [-0.39, 0.29) is 0 Å². The van der Waals surface area contributed by atoms with Crippen LogP contribution in [0.25, 0.3) is 0 Å². The summed E-state index contributed by atoms with van der Waals surface area (Å²) < 4.78 is 5.80. The van der Waals surface area contributed by atoms with E-state index in [2.05, 4.69) is 49.9 Å². The molecule has 1 aromatic carbocycles. The molecular formula is C12H16OS2. The molecule has 82 valence electrons. The minimum Gasteiger partial charge on any atom is -0.373 e. The molecule has 15 heavy (non-hydrogen) atoms. The van der Waals surface area contributed by atoms with Crippen LogP contribution in [0, 0.1) is 0 Å². The largest absolute Gasteiger partial charge is 0.373 e. The van der Waals surface area contributed by atoms with Gasteiger partial charge in [0.2, 0.25) is 0 Å². The maximum Gasteiger partial charge on any atom is 0.0678 e. The molecule has 3 heteroatoms. The Hall–Kier alpha value is -0.120. The number of thiol groups is 1. The molecule has 0 radical (unpaired) electrons. The molecule has 0 aliphatic carbocycles. The first kappa shape index (κ1) is 11.4. The SMILES string of the molecule is C[C@@H]1O[C@H](CS)CC1Sc1ccccc1. The van der Waals surface area contributed by atoms with Crippen molar-refractivity contribution >= 4 is 24.4 Å². The zero-order valence-corrected chi connectivity index (χ0v) is 10.5. The van der Waals surface area contributed by atoms with Gasteiger partial charge in [-0.3, -0.25) is 0 Å². The molecule has 1 aromatic rings. The smallest absolute Gasteiger partial charge is 0.0678 e. The standard InChI is InChI=1S/C12H16OS2/c1-9-12(7-10(8-14)13-9)15-11-5-3-2-4-6-11/h2-6,9-10,12,14H,7-8H2,1H3/t9-,10-,12?/m0/s1. The first-order valence-electron chi connectivity index (χ1n) is 5.27. The molecule has 1 heterocycles. The number of ether oxygens (including phenoxy) is 1. The second-order valence-corrected chi connectivity index (χ2v) is 5.53. The Kier molecular flexibility index (Phi) is 4.00. The summed E-state index contributed by atoms with van der Waals surface area (Å²) in [4.78, 5) is 1.33. The fourth-order valence-corrected chi connectivity index (χ4v) is 3.30. The van der Waals surface area contributed by atoms with Crippen molar-refractivity contribution in [2.24, 2.45) is 0 Å². The number of thioether (sulfide) groups is 1. The van der Waals surface area contributed by atoms with E-state index < -0.39 is 0 Å². The minimum absolute atomic E-state index is 0.338. The third-order valence-corrected chi connectivity index (χ3v) is 4.49. The van der Waals surface area contributed by atoms with Crippen molar-refractivity contribution in [3.05, 3.63) is 30.3 Å². The summed E-state index contributed by atoms with van der Waals surface area (Å²) >= 11 is 6.21. The Labute approximate surface area is 101 Å². The lowest BCUT2D eigenvalue weighted by atomic mass is 10.2. The highest BCUT2D eigenvalue weighted by atomic mass is 32.2. The summed E-state index contributed by atoms with van der Waals surface area (Å²) in [6.45, 7) is 2.16. The van der Waals surface area contributed by atoms with E-state index in [0.29, 0.717) is 17.5 Å². The summed E-state index contributed by atoms with van der Waals surface area (Å²) in [7, 11) is 0. The molecule has 1 fully saturated rings. The first-order valence-corrected chi connectivity index (χ1v) is 6.79. The van der Waals surface area contributed by atoms with Crippen molar-refractivity contribution in [2.75, 3.05) is 5.75 Å². The highest BCUT2D eigenvalue weighted by molar-refractivity contribution is 8.00. The molecule has 1 aliphatic heterocycles. The van der Waals surface area contributed by atoms with Gasteiger partial charge in [-0.05, 0) is 25.5 Å². The molecule has 1 saturated heterocycles. The predicted molar refractivity (Wildman–Crippen MR) is 68.9 cm³/mol. The van der Waals surface area contributed by atoms with Gasteiger partial charge in [0.05, 0.1) is 12.2 Å². The van der Waals surface area contributed by atoms with Gasteiger partial charge >= 0.3 is 0 Å². The van der Waals surface area contributed by atoms with E-state index in [1.165, 1.54) is 4.90 Å². The average molecular weight is 240 g/mol. The van der Waals surface area contributed by atoms with Crippen LogP contribution in [0.1, 0.15) is 13.3 Å². The van der Waals surface area contributed by atoms with Crippen molar-refractivity contribution in [1.82, 2.24) is 0 Å². The number of hydrogen-bond donors (Lipinski definition) is 1. The quantitative estimate of drug-likeness (QED) is 0.812. The molecule has 1 nitrogen and oxygen atoms in total. The Morgan fingerprint density at radius 1 is 1.40 bits per heavy atom. The molecule has 0 N–H and O–H groups in total. The summed E-state index contributed by atoms with van der Waals surface area (Å²) in [5, 5.41) is 0.574. The van der Waals surface area contributed by atoms with Gasteiger partial charge in [0.15, 0.2) is 0 Å². The van der Waals surface area contributed by atoms with Crippen LogP contribution < -0.4 is 0 Å². The second kappa shape index (κ2) is 5.28. The van der Waals surface area contributed by atoms with E-state index in [9.17, 15) is 0 Å². The summed E-state index contributed by atoms with van der Waals surface area (Å²) in [6, 6.07) is 10.5. The first-order chi connectivity index (χ1) is 7.29. The van der Waals surface area contributed by atoms with Crippen molar-refractivity contribution in [3.8, 4) is 0 Å². The third-order valence-electron chi connectivity index (χ3n) is 2.66. The monoisotopic (exact) mass is 240 g/mol. The van der Waals surface area contributed by atoms with Gasteiger partial charge in [0, 0.05) is 15.9 Å². The third kappa shape index (κ3) is 2.92. The lowest BCUT2D eigenvalue weighted by molar-refractivity contribution is 0.0713. The lowest BCUT2D eigenvalue weighted by Gasteiger charge is -2.12. The van der Waals surface area contributed by atoms with Crippen molar-refractivity contribution in [1.29, 1.82) is 0 Å². The highest BCUT2D eigenvalue weighted by Gasteiger charge is 2.31. The van der Waals surface area contributed by atoms with Crippen molar-refractivity contribution < 1.29 is 4.74 Å². The Bertz CT molecular complexity index is 302. The normalized spacial score (nSPS) is 30.7. The average Bonchev–Trinajstić information content (AvgIpc) is 2.61. The van der Waals surface area contributed by atoms with Gasteiger partial charge in [0.25, 0.3) is 0 Å². The van der Waals surface area contributed by atoms with Gasteiger partial charge in [-0.2, -0.15) is 12.6 Å². The molecule has 2 rings (SSSR count). The zero-order valence-electron chi connectivity index (χ0n) is 8.80. The fraction of sp³-hybridized carbons (Fsp3) is 0.500. The molecule has 0 aromatic heterocycles. The maximum absolute atomic E-state index is 5.80. The van der Waals surface area contributed by atoms with Gasteiger partial charge in [-0.15, -0.1) is 11.8 Å². The summed E-state index contributed by atoms with van der Waals surface area (Å²) in [5.41, 5.74) is 0. The second-order valence-electron chi connectivity index (χ2n) is 3.85. The summed E-state index contributed by atoms with van der Waals surface area (Å²) in [5.74, 6) is 0.830. The fourth-order valence-electron chi connectivity index (χ4n) is 1.83. The van der Waals surface area contributed by atoms with Gasteiger partial charge in [-0.25, -0.2) is 0 Å². The van der Waals surface area contributed by atoms with Gasteiger partial charge in [-0.1, -0.05) is 18.2 Å². The van der Waals surface area contributed by atoms with E-state index in [4.69, 9.17) is 4.74 Å². The maximum atomic E-state index is 5.80. The molecule has 1 aliphatic rings. The van der Waals surface area contributed by atoms with Crippen LogP contribution >= 0.6 is 24.4 Å². The van der Waals surface area contributed by atoms with Crippen LogP contribution in [0.4, 0.5) is 0 Å². The molecule has 0 spiro atoms. The topological polar surface area (TPSA) is 9.23 Å². The van der Waals surface area contributed by atoms with E-state index in [1.807, 2.05) is 11.8 Å². The van der Waals surface area contributed by atoms with Crippen LogP contribution in [0.3, 0.4) is 0 Å².